The van der Waals surface area contributed by atoms with Gasteiger partial charge in [0.15, 0.2) is 0 Å². The van der Waals surface area contributed by atoms with E-state index < -0.39 is 0 Å². The average Bonchev–Trinajstić information content (AvgIpc) is 2.91. The molecule has 1 amide bonds. The number of hydrogen-bond donors (Lipinski definition) is 1. The average molecular weight is 335 g/mol. The summed E-state index contributed by atoms with van der Waals surface area (Å²) in [6.07, 6.45) is 1.89. The van der Waals surface area contributed by atoms with Crippen molar-refractivity contribution in [1.29, 1.82) is 0 Å². The van der Waals surface area contributed by atoms with E-state index in [-0.39, 0.29) is 22.4 Å². The molecule has 1 heterocycles. The van der Waals surface area contributed by atoms with Gasteiger partial charge in [-0.05, 0) is 37.4 Å². The zero-order chi connectivity index (χ0) is 17.2. The van der Waals surface area contributed by atoms with Crippen LogP contribution in [0.25, 0.3) is 5.69 Å². The summed E-state index contributed by atoms with van der Waals surface area (Å²) >= 11 is 1.48. The Morgan fingerprint density at radius 2 is 1.91 bits per heavy atom. The number of hydrogen-bond acceptors (Lipinski definition) is 3. The van der Waals surface area contributed by atoms with E-state index in [1.807, 2.05) is 19.2 Å². The lowest BCUT2D eigenvalue weighted by Crippen LogP contribution is -2.23. The van der Waals surface area contributed by atoms with Crippen LogP contribution in [0, 0.1) is 5.82 Å². The standard InChI is InChI=1S/C17H22FN3OS/c1-11(23-5)16(22)19-15-10-14(17(2,3)4)20-21(15)13-8-6-12(18)7-9-13/h6-11H,1-5H3,(H,19,22). The van der Waals surface area contributed by atoms with Crippen molar-refractivity contribution < 1.29 is 9.18 Å². The van der Waals surface area contributed by atoms with Gasteiger partial charge in [0, 0.05) is 11.5 Å². The lowest BCUT2D eigenvalue weighted by molar-refractivity contribution is -0.115. The maximum absolute atomic E-state index is 13.2. The van der Waals surface area contributed by atoms with Crippen molar-refractivity contribution in [1.82, 2.24) is 9.78 Å². The van der Waals surface area contributed by atoms with E-state index in [1.165, 1.54) is 23.9 Å². The molecule has 0 aliphatic carbocycles. The number of aromatic nitrogens is 2. The van der Waals surface area contributed by atoms with Crippen molar-refractivity contribution in [2.45, 2.75) is 38.4 Å². The fraction of sp³-hybridized carbons (Fsp3) is 0.412. The topological polar surface area (TPSA) is 46.9 Å². The highest BCUT2D eigenvalue weighted by Gasteiger charge is 2.22. The number of carbonyl (C=O) groups is 1. The molecule has 1 aromatic carbocycles. The first kappa shape index (κ1) is 17.5. The Bertz CT molecular complexity index is 689. The molecule has 1 N–H and O–H groups in total. The summed E-state index contributed by atoms with van der Waals surface area (Å²) in [7, 11) is 0. The molecule has 2 rings (SSSR count). The van der Waals surface area contributed by atoms with Gasteiger partial charge in [-0.1, -0.05) is 20.8 Å². The molecule has 0 bridgehead atoms. The Morgan fingerprint density at radius 3 is 2.43 bits per heavy atom. The van der Waals surface area contributed by atoms with Crippen molar-refractivity contribution in [2.24, 2.45) is 0 Å². The number of rotatable bonds is 4. The second-order valence-electron chi connectivity index (χ2n) is 6.42. The van der Waals surface area contributed by atoms with Gasteiger partial charge in [0.05, 0.1) is 16.6 Å². The van der Waals surface area contributed by atoms with Crippen molar-refractivity contribution in [3.05, 3.63) is 41.8 Å². The predicted molar refractivity (Wildman–Crippen MR) is 93.8 cm³/mol. The molecule has 23 heavy (non-hydrogen) atoms. The molecular weight excluding hydrogens is 313 g/mol. The molecule has 124 valence electrons. The quantitative estimate of drug-likeness (QED) is 0.919. The molecule has 0 saturated heterocycles. The Balaban J connectivity index is 2.44. The Kier molecular flexibility index (Phi) is 5.14. The molecule has 0 radical (unpaired) electrons. The number of nitrogens with one attached hydrogen (secondary N) is 1. The lowest BCUT2D eigenvalue weighted by Gasteiger charge is -2.14. The van der Waals surface area contributed by atoms with Gasteiger partial charge in [0.1, 0.15) is 11.6 Å². The number of anilines is 1. The van der Waals surface area contributed by atoms with Gasteiger partial charge >= 0.3 is 0 Å². The first-order valence-electron chi connectivity index (χ1n) is 7.42. The van der Waals surface area contributed by atoms with E-state index in [9.17, 15) is 9.18 Å². The summed E-state index contributed by atoms with van der Waals surface area (Å²) in [5.41, 5.74) is 1.40. The molecule has 4 nitrogen and oxygen atoms in total. The lowest BCUT2D eigenvalue weighted by atomic mass is 9.92. The van der Waals surface area contributed by atoms with Gasteiger partial charge in [0.25, 0.3) is 0 Å². The molecule has 2 aromatic rings. The van der Waals surface area contributed by atoms with Crippen LogP contribution < -0.4 is 5.32 Å². The maximum atomic E-state index is 13.2. The number of nitrogens with zero attached hydrogens (tertiary/aromatic N) is 2. The van der Waals surface area contributed by atoms with Crippen molar-refractivity contribution >= 4 is 23.5 Å². The highest BCUT2D eigenvalue weighted by molar-refractivity contribution is 7.99. The van der Waals surface area contributed by atoms with Crippen LogP contribution >= 0.6 is 11.8 Å². The van der Waals surface area contributed by atoms with Crippen LogP contribution in [0.1, 0.15) is 33.4 Å². The molecule has 1 atom stereocenters. The number of amides is 1. The fourth-order valence-electron chi connectivity index (χ4n) is 1.95. The van der Waals surface area contributed by atoms with Crippen LogP contribution in [-0.2, 0) is 10.2 Å². The largest absolute Gasteiger partial charge is 0.310 e. The minimum Gasteiger partial charge on any atom is -0.310 e. The third-order valence-corrected chi connectivity index (χ3v) is 4.44. The van der Waals surface area contributed by atoms with E-state index in [0.717, 1.165) is 5.69 Å². The molecule has 0 aliphatic rings. The van der Waals surface area contributed by atoms with Crippen LogP contribution in [-0.4, -0.2) is 27.2 Å². The Morgan fingerprint density at radius 1 is 1.30 bits per heavy atom. The first-order chi connectivity index (χ1) is 10.7. The number of thioether (sulfide) groups is 1. The Hall–Kier alpha value is -1.82. The minimum atomic E-state index is -0.307. The summed E-state index contributed by atoms with van der Waals surface area (Å²) in [6, 6.07) is 7.91. The monoisotopic (exact) mass is 335 g/mol. The number of benzene rings is 1. The third kappa shape index (κ3) is 4.13. The summed E-state index contributed by atoms with van der Waals surface area (Å²) in [4.78, 5) is 12.2. The molecule has 0 spiro atoms. The van der Waals surface area contributed by atoms with E-state index in [4.69, 9.17) is 0 Å². The minimum absolute atomic E-state index is 0.0822. The highest BCUT2D eigenvalue weighted by Crippen LogP contribution is 2.26. The molecule has 0 saturated carbocycles. The molecule has 6 heteroatoms. The Labute approximate surface area is 140 Å². The van der Waals surface area contributed by atoms with Gasteiger partial charge in [0.2, 0.25) is 5.91 Å². The van der Waals surface area contributed by atoms with E-state index in [0.29, 0.717) is 11.5 Å². The second-order valence-corrected chi connectivity index (χ2v) is 7.60. The van der Waals surface area contributed by atoms with Crippen LogP contribution in [0.3, 0.4) is 0 Å². The fourth-order valence-corrected chi connectivity index (χ4v) is 2.22. The van der Waals surface area contributed by atoms with Crippen LogP contribution in [0.2, 0.25) is 0 Å². The van der Waals surface area contributed by atoms with Gasteiger partial charge in [-0.15, -0.1) is 0 Å². The van der Waals surface area contributed by atoms with Gasteiger partial charge in [-0.3, -0.25) is 4.79 Å². The zero-order valence-corrected chi connectivity index (χ0v) is 14.9. The normalized spacial score (nSPS) is 13.0. The van der Waals surface area contributed by atoms with Gasteiger partial charge in [-0.25, -0.2) is 9.07 Å². The summed E-state index contributed by atoms with van der Waals surface area (Å²) in [6.45, 7) is 8.02. The van der Waals surface area contributed by atoms with E-state index in [2.05, 4.69) is 31.2 Å². The van der Waals surface area contributed by atoms with Crippen LogP contribution in [0.5, 0.6) is 0 Å². The SMILES string of the molecule is CSC(C)C(=O)Nc1cc(C(C)(C)C)nn1-c1ccc(F)cc1. The van der Waals surface area contributed by atoms with Crippen molar-refractivity contribution in [3.63, 3.8) is 0 Å². The van der Waals surface area contributed by atoms with E-state index in [1.54, 1.807) is 16.8 Å². The van der Waals surface area contributed by atoms with Crippen molar-refractivity contribution in [3.8, 4) is 5.69 Å². The van der Waals surface area contributed by atoms with Crippen LogP contribution in [0.4, 0.5) is 10.2 Å². The molecule has 1 unspecified atom stereocenters. The smallest absolute Gasteiger partial charge is 0.238 e. The number of carbonyl (C=O) groups excluding carboxylic acids is 1. The van der Waals surface area contributed by atoms with Crippen molar-refractivity contribution in [2.75, 3.05) is 11.6 Å². The van der Waals surface area contributed by atoms with E-state index >= 15 is 0 Å². The van der Waals surface area contributed by atoms with Crippen LogP contribution in [0.15, 0.2) is 30.3 Å². The molecule has 0 fully saturated rings. The second kappa shape index (κ2) is 6.74. The van der Waals surface area contributed by atoms with Gasteiger partial charge in [-0.2, -0.15) is 16.9 Å². The molecular formula is C17H22FN3OS. The highest BCUT2D eigenvalue weighted by atomic mass is 32.2. The summed E-state index contributed by atoms with van der Waals surface area (Å²) in [5.74, 6) is 0.201. The maximum Gasteiger partial charge on any atom is 0.238 e. The molecule has 0 aliphatic heterocycles. The number of halogens is 1. The predicted octanol–water partition coefficient (Wildman–Crippen LogP) is 4.00. The zero-order valence-electron chi connectivity index (χ0n) is 14.1. The summed E-state index contributed by atoms with van der Waals surface area (Å²) < 4.78 is 14.8. The third-order valence-electron chi connectivity index (χ3n) is 3.52. The van der Waals surface area contributed by atoms with Gasteiger partial charge < -0.3 is 5.32 Å². The molecule has 1 aromatic heterocycles. The summed E-state index contributed by atoms with van der Waals surface area (Å²) in [5, 5.41) is 7.34. The first-order valence-corrected chi connectivity index (χ1v) is 8.71.